The molecule has 0 radical (unpaired) electrons. The van der Waals surface area contributed by atoms with Gasteiger partial charge in [-0.15, -0.1) is 0 Å². The normalized spacial score (nSPS) is 11.5. The van der Waals surface area contributed by atoms with Gasteiger partial charge in [0.25, 0.3) is 0 Å². The minimum Gasteiger partial charge on any atom is -0.465 e. The van der Waals surface area contributed by atoms with E-state index >= 15 is 0 Å². The molecule has 0 bridgehead atoms. The summed E-state index contributed by atoms with van der Waals surface area (Å²) in [7, 11) is -1.98. The van der Waals surface area contributed by atoms with Gasteiger partial charge in [-0.2, -0.15) is 4.98 Å². The lowest BCUT2D eigenvalue weighted by atomic mass is 10.2. The van der Waals surface area contributed by atoms with Crippen molar-refractivity contribution in [3.63, 3.8) is 0 Å². The van der Waals surface area contributed by atoms with E-state index in [-0.39, 0.29) is 11.1 Å². The lowest BCUT2D eigenvalue weighted by molar-refractivity contribution is 0.194. The highest BCUT2D eigenvalue weighted by molar-refractivity contribution is 6.74. The molecule has 11 nitrogen and oxygen atoms in total. The van der Waals surface area contributed by atoms with Crippen molar-refractivity contribution in [2.24, 2.45) is 0 Å². The Bertz CT molecular complexity index is 1030. The predicted molar refractivity (Wildman–Crippen MR) is 146 cm³/mol. The fraction of sp³-hybridized carbons (Fsp3) is 0.500. The number of urea groups is 1. The van der Waals surface area contributed by atoms with Crippen molar-refractivity contribution >= 4 is 43.6 Å². The van der Waals surface area contributed by atoms with Crippen molar-refractivity contribution in [2.45, 2.75) is 58.9 Å². The topological polar surface area (TPSA) is 150 Å². The Hall–Kier alpha value is -3.38. The number of nitrogens with zero attached hydrogens (tertiary/aromatic N) is 2. The van der Waals surface area contributed by atoms with Crippen molar-refractivity contribution in [1.29, 1.82) is 0 Å². The predicted octanol–water partition coefficient (Wildman–Crippen LogP) is 4.95. The number of benzene rings is 1. The number of carbonyl (C=O) groups excluding carboxylic acids is 1. The Kier molecular flexibility index (Phi) is 10.5. The molecule has 1 aromatic heterocycles. The molecule has 6 N–H and O–H groups in total. The maximum Gasteiger partial charge on any atom is 0.404 e. The van der Waals surface area contributed by atoms with E-state index in [1.807, 2.05) is 19.1 Å². The Morgan fingerprint density at radius 3 is 2.50 bits per heavy atom. The number of nitrogens with one attached hydrogen (secondary N) is 5. The molecule has 3 amide bonds. The molecule has 0 unspecified atom stereocenters. The fourth-order valence-corrected chi connectivity index (χ4v) is 3.78. The average Bonchev–Trinajstić information content (AvgIpc) is 2.77. The van der Waals surface area contributed by atoms with Crippen LogP contribution < -0.4 is 26.6 Å². The van der Waals surface area contributed by atoms with E-state index in [2.05, 4.69) is 70.4 Å². The smallest absolute Gasteiger partial charge is 0.404 e. The first-order chi connectivity index (χ1) is 16.9. The first-order valence-corrected chi connectivity index (χ1v) is 14.9. The first-order valence-electron chi connectivity index (χ1n) is 12.0. The number of hydrogen-bond donors (Lipinski definition) is 6. The molecule has 2 rings (SSSR count). The van der Waals surface area contributed by atoms with Gasteiger partial charge in [0.2, 0.25) is 5.95 Å². The minimum atomic E-state index is -1.98. The van der Waals surface area contributed by atoms with Crippen LogP contribution in [0.2, 0.25) is 18.1 Å². The number of carbonyl (C=O) groups is 2. The van der Waals surface area contributed by atoms with Crippen LogP contribution in [0.25, 0.3) is 0 Å². The lowest BCUT2D eigenvalue weighted by Crippen LogP contribution is -2.40. The lowest BCUT2D eigenvalue weighted by Gasteiger charge is -2.36. The zero-order valence-electron chi connectivity index (χ0n) is 22.0. The molecule has 198 valence electrons. The van der Waals surface area contributed by atoms with E-state index in [4.69, 9.17) is 9.53 Å². The molecule has 0 fully saturated rings. The minimum absolute atomic E-state index is 0.0680. The van der Waals surface area contributed by atoms with Crippen molar-refractivity contribution in [1.82, 2.24) is 20.6 Å². The van der Waals surface area contributed by atoms with E-state index in [9.17, 15) is 9.59 Å². The van der Waals surface area contributed by atoms with Gasteiger partial charge in [0.15, 0.2) is 8.32 Å². The highest BCUT2D eigenvalue weighted by atomic mass is 28.4. The fourth-order valence-electron chi connectivity index (χ4n) is 2.83. The average molecular weight is 518 g/mol. The van der Waals surface area contributed by atoms with Crippen LogP contribution in [0.15, 0.2) is 30.5 Å². The SMILES string of the molecule is CCNC(=O)Nc1cccc(Nc2ncc(CO[Si](C)(C)C(C)(C)C)c(NCCCNC(=O)O)n2)c1. The third kappa shape index (κ3) is 9.34. The van der Waals surface area contributed by atoms with Crippen LogP contribution in [0.4, 0.5) is 32.7 Å². The van der Waals surface area contributed by atoms with Crippen LogP contribution in [0.3, 0.4) is 0 Å². The second-order valence-electron chi connectivity index (χ2n) is 9.82. The Labute approximate surface area is 214 Å². The summed E-state index contributed by atoms with van der Waals surface area (Å²) in [6, 6.07) is 6.98. The number of aromatic nitrogens is 2. The quantitative estimate of drug-likeness (QED) is 0.171. The maximum atomic E-state index is 11.8. The molecule has 1 heterocycles. The second kappa shape index (κ2) is 13.1. The molecule has 0 saturated heterocycles. The Morgan fingerprint density at radius 1 is 1.11 bits per heavy atom. The molecule has 0 aliphatic rings. The standard InChI is InChI=1S/C24H39N7O4Si/c1-7-25-22(32)30-19-11-8-10-18(14-19)29-21-28-15-17(16-35-36(5,6)24(2,3)4)20(31-21)26-12-9-13-27-23(33)34/h8,10-11,14-15,27H,7,9,12-13,16H2,1-6H3,(H,33,34)(H2,25,30,32)(H2,26,28,29,31). The number of amides is 3. The molecule has 0 saturated carbocycles. The van der Waals surface area contributed by atoms with E-state index in [1.54, 1.807) is 18.3 Å². The summed E-state index contributed by atoms with van der Waals surface area (Å²) < 4.78 is 6.37. The van der Waals surface area contributed by atoms with Crippen molar-refractivity contribution < 1.29 is 19.1 Å². The molecule has 2 aromatic rings. The molecular weight excluding hydrogens is 478 g/mol. The Morgan fingerprint density at radius 2 is 1.83 bits per heavy atom. The van der Waals surface area contributed by atoms with Crippen LogP contribution in [0.1, 0.15) is 39.7 Å². The molecule has 1 aromatic carbocycles. The monoisotopic (exact) mass is 517 g/mol. The molecule has 0 spiro atoms. The van der Waals surface area contributed by atoms with Crippen LogP contribution in [0.5, 0.6) is 0 Å². The molecular formula is C24H39N7O4Si. The molecule has 12 heteroatoms. The van der Waals surface area contributed by atoms with Crippen LogP contribution >= 0.6 is 0 Å². The van der Waals surface area contributed by atoms with Crippen molar-refractivity contribution in [3.05, 3.63) is 36.0 Å². The van der Waals surface area contributed by atoms with E-state index in [0.717, 1.165) is 5.56 Å². The van der Waals surface area contributed by atoms with Gasteiger partial charge >= 0.3 is 12.1 Å². The largest absolute Gasteiger partial charge is 0.465 e. The van der Waals surface area contributed by atoms with E-state index in [1.165, 1.54) is 0 Å². The highest BCUT2D eigenvalue weighted by Crippen LogP contribution is 2.37. The molecule has 36 heavy (non-hydrogen) atoms. The molecule has 0 aliphatic carbocycles. The maximum absolute atomic E-state index is 11.8. The number of rotatable bonds is 12. The summed E-state index contributed by atoms with van der Waals surface area (Å²) in [6.45, 7) is 14.6. The second-order valence-corrected chi connectivity index (χ2v) is 14.6. The Balaban J connectivity index is 2.17. The van der Waals surface area contributed by atoms with Crippen LogP contribution in [-0.4, -0.2) is 55.2 Å². The van der Waals surface area contributed by atoms with Gasteiger partial charge in [-0.3, -0.25) is 0 Å². The van der Waals surface area contributed by atoms with Gasteiger partial charge in [-0.1, -0.05) is 26.8 Å². The third-order valence-corrected chi connectivity index (χ3v) is 10.4. The van der Waals surface area contributed by atoms with Gasteiger partial charge in [0.05, 0.1) is 6.61 Å². The van der Waals surface area contributed by atoms with Crippen molar-refractivity contribution in [3.8, 4) is 0 Å². The number of carboxylic acid groups (broad SMARTS) is 1. The summed E-state index contributed by atoms with van der Waals surface area (Å²) in [5.41, 5.74) is 2.17. The molecule has 0 aliphatic heterocycles. The summed E-state index contributed by atoms with van der Waals surface area (Å²) in [5.74, 6) is 1.01. The zero-order chi connectivity index (χ0) is 26.8. The summed E-state index contributed by atoms with van der Waals surface area (Å²) >= 11 is 0. The van der Waals surface area contributed by atoms with Gasteiger partial charge in [-0.05, 0) is 49.7 Å². The van der Waals surface area contributed by atoms with Gasteiger partial charge < -0.3 is 36.1 Å². The summed E-state index contributed by atoms with van der Waals surface area (Å²) in [5, 5.41) is 23.1. The van der Waals surface area contributed by atoms with Crippen molar-refractivity contribution in [2.75, 3.05) is 35.6 Å². The van der Waals surface area contributed by atoms with Crippen LogP contribution in [-0.2, 0) is 11.0 Å². The zero-order valence-corrected chi connectivity index (χ0v) is 23.0. The van der Waals surface area contributed by atoms with E-state index < -0.39 is 14.4 Å². The summed E-state index contributed by atoms with van der Waals surface area (Å²) in [4.78, 5) is 31.6. The van der Waals surface area contributed by atoms with E-state index in [0.29, 0.717) is 55.8 Å². The van der Waals surface area contributed by atoms with Gasteiger partial charge in [0.1, 0.15) is 5.82 Å². The summed E-state index contributed by atoms with van der Waals surface area (Å²) in [6.07, 6.45) is 1.28. The van der Waals surface area contributed by atoms with Gasteiger partial charge in [-0.25, -0.2) is 14.6 Å². The highest BCUT2D eigenvalue weighted by Gasteiger charge is 2.37. The number of anilines is 4. The molecule has 0 atom stereocenters. The third-order valence-electron chi connectivity index (χ3n) is 5.90. The van der Waals surface area contributed by atoms with Crippen LogP contribution in [0, 0.1) is 0 Å². The first kappa shape index (κ1) is 28.9. The number of hydrogen-bond acceptors (Lipinski definition) is 7. The van der Waals surface area contributed by atoms with Gasteiger partial charge in [0, 0.05) is 42.8 Å².